The molecule has 0 saturated heterocycles. The van der Waals surface area contributed by atoms with Crippen molar-refractivity contribution in [2.75, 3.05) is 6.61 Å². The first-order valence-corrected chi connectivity index (χ1v) is 8.21. The number of ether oxygens (including phenoxy) is 1. The smallest absolute Gasteiger partial charge is 0.396 e. The van der Waals surface area contributed by atoms with Gasteiger partial charge in [-0.15, -0.1) is 0 Å². The molecular formula is C16H29NO3. The molecule has 20 heavy (non-hydrogen) atoms. The molecule has 4 nitrogen and oxygen atoms in total. The first kappa shape index (κ1) is 17.0. The van der Waals surface area contributed by atoms with Gasteiger partial charge in [-0.1, -0.05) is 58.3 Å². The monoisotopic (exact) mass is 283 g/mol. The van der Waals surface area contributed by atoms with Crippen molar-refractivity contribution in [2.24, 2.45) is 0 Å². The molecule has 0 unspecified atom stereocenters. The van der Waals surface area contributed by atoms with Gasteiger partial charge in [0.25, 0.3) is 0 Å². The van der Waals surface area contributed by atoms with Gasteiger partial charge >= 0.3 is 11.9 Å². The molecule has 0 aliphatic heterocycles. The molecule has 1 aliphatic rings. The summed E-state index contributed by atoms with van der Waals surface area (Å²) in [6.07, 6.45) is 12.2. The molecule has 1 N–H and O–H groups in total. The first-order chi connectivity index (χ1) is 9.74. The minimum Gasteiger partial charge on any atom is -0.459 e. The Morgan fingerprint density at radius 2 is 1.65 bits per heavy atom. The van der Waals surface area contributed by atoms with E-state index in [9.17, 15) is 9.59 Å². The normalized spacial score (nSPS) is 17.1. The van der Waals surface area contributed by atoms with E-state index in [1.807, 2.05) is 0 Å². The van der Waals surface area contributed by atoms with Gasteiger partial charge in [-0.25, -0.2) is 4.79 Å². The van der Waals surface area contributed by atoms with Gasteiger partial charge in [0, 0.05) is 6.04 Å². The van der Waals surface area contributed by atoms with E-state index in [-0.39, 0.29) is 6.04 Å². The lowest BCUT2D eigenvalue weighted by molar-refractivity contribution is -0.155. The molecule has 0 aromatic carbocycles. The van der Waals surface area contributed by atoms with Gasteiger partial charge < -0.3 is 10.1 Å². The highest BCUT2D eigenvalue weighted by atomic mass is 16.5. The standard InChI is InChI=1S/C16H29NO3/c1-2-3-4-10-13-20-16(19)15(18)17-14-11-8-6-5-7-9-12-14/h14H,2-13H2,1H3,(H,17,18). The SMILES string of the molecule is CCCCCCOC(=O)C(=O)NC1CCCCCCC1. The van der Waals surface area contributed by atoms with E-state index < -0.39 is 11.9 Å². The zero-order valence-corrected chi connectivity index (χ0v) is 12.8. The Balaban J connectivity index is 2.17. The molecule has 0 aromatic heterocycles. The number of hydrogen-bond acceptors (Lipinski definition) is 3. The Bertz CT molecular complexity index is 283. The highest BCUT2D eigenvalue weighted by Gasteiger charge is 2.20. The zero-order valence-electron chi connectivity index (χ0n) is 12.8. The van der Waals surface area contributed by atoms with Crippen LogP contribution in [-0.2, 0) is 14.3 Å². The fourth-order valence-electron chi connectivity index (χ4n) is 2.60. The number of amides is 1. The second-order valence-electron chi connectivity index (χ2n) is 5.71. The summed E-state index contributed by atoms with van der Waals surface area (Å²) >= 11 is 0. The summed E-state index contributed by atoms with van der Waals surface area (Å²) in [5.41, 5.74) is 0. The molecular weight excluding hydrogens is 254 g/mol. The Hall–Kier alpha value is -1.06. The summed E-state index contributed by atoms with van der Waals surface area (Å²) in [5.74, 6) is -1.28. The molecule has 116 valence electrons. The van der Waals surface area contributed by atoms with Gasteiger partial charge in [-0.3, -0.25) is 4.79 Å². The fourth-order valence-corrected chi connectivity index (χ4v) is 2.60. The summed E-state index contributed by atoms with van der Waals surface area (Å²) in [6.45, 7) is 2.49. The zero-order chi connectivity index (χ0) is 14.6. The van der Waals surface area contributed by atoms with Crippen LogP contribution in [0.3, 0.4) is 0 Å². The summed E-state index contributed by atoms with van der Waals surface area (Å²) in [7, 11) is 0. The average molecular weight is 283 g/mol. The molecule has 1 rings (SSSR count). The van der Waals surface area contributed by atoms with Crippen LogP contribution in [0.1, 0.15) is 77.6 Å². The van der Waals surface area contributed by atoms with E-state index in [4.69, 9.17) is 4.74 Å². The second kappa shape index (κ2) is 10.7. The Kier molecular flexibility index (Phi) is 9.09. The van der Waals surface area contributed by atoms with E-state index >= 15 is 0 Å². The molecule has 0 atom stereocenters. The van der Waals surface area contributed by atoms with Crippen molar-refractivity contribution in [3.63, 3.8) is 0 Å². The molecule has 0 aromatic rings. The molecule has 4 heteroatoms. The number of esters is 1. The summed E-state index contributed by atoms with van der Waals surface area (Å²) in [5, 5.41) is 2.82. The lowest BCUT2D eigenvalue weighted by atomic mass is 9.97. The van der Waals surface area contributed by atoms with Gasteiger partial charge in [0.1, 0.15) is 0 Å². The van der Waals surface area contributed by atoms with Crippen LogP contribution in [0.2, 0.25) is 0 Å². The molecule has 1 aliphatic carbocycles. The number of nitrogens with one attached hydrogen (secondary N) is 1. The number of unbranched alkanes of at least 4 members (excludes halogenated alkanes) is 3. The van der Waals surface area contributed by atoms with Crippen molar-refractivity contribution in [3.05, 3.63) is 0 Å². The first-order valence-electron chi connectivity index (χ1n) is 8.21. The molecule has 0 radical (unpaired) electrons. The third-order valence-corrected chi connectivity index (χ3v) is 3.86. The molecule has 0 bridgehead atoms. The van der Waals surface area contributed by atoms with Crippen LogP contribution in [-0.4, -0.2) is 24.5 Å². The Morgan fingerprint density at radius 1 is 1.00 bits per heavy atom. The molecule has 0 heterocycles. The van der Waals surface area contributed by atoms with Crippen LogP contribution in [0, 0.1) is 0 Å². The quantitative estimate of drug-likeness (QED) is 0.462. The molecule has 1 amide bonds. The van der Waals surface area contributed by atoms with Crippen molar-refractivity contribution in [1.29, 1.82) is 0 Å². The van der Waals surface area contributed by atoms with Crippen LogP contribution >= 0.6 is 0 Å². The van der Waals surface area contributed by atoms with Crippen molar-refractivity contribution >= 4 is 11.9 Å². The molecule has 1 saturated carbocycles. The molecule has 0 spiro atoms. The second-order valence-corrected chi connectivity index (χ2v) is 5.71. The van der Waals surface area contributed by atoms with Gasteiger partial charge in [0.05, 0.1) is 6.61 Å². The fraction of sp³-hybridized carbons (Fsp3) is 0.875. The van der Waals surface area contributed by atoms with Gasteiger partial charge in [-0.05, 0) is 19.3 Å². The summed E-state index contributed by atoms with van der Waals surface area (Å²) in [4.78, 5) is 23.3. The highest BCUT2D eigenvalue weighted by molar-refractivity contribution is 6.32. The van der Waals surface area contributed by atoms with E-state index in [1.54, 1.807) is 0 Å². The third-order valence-electron chi connectivity index (χ3n) is 3.86. The highest BCUT2D eigenvalue weighted by Crippen LogP contribution is 2.17. The Morgan fingerprint density at radius 3 is 2.30 bits per heavy atom. The van der Waals surface area contributed by atoms with Crippen molar-refractivity contribution < 1.29 is 14.3 Å². The van der Waals surface area contributed by atoms with Gasteiger partial charge in [-0.2, -0.15) is 0 Å². The van der Waals surface area contributed by atoms with Crippen molar-refractivity contribution in [3.8, 4) is 0 Å². The number of carbonyl (C=O) groups excluding carboxylic acids is 2. The minimum absolute atomic E-state index is 0.149. The van der Waals surface area contributed by atoms with Gasteiger partial charge in [0.2, 0.25) is 0 Å². The average Bonchev–Trinajstić information content (AvgIpc) is 2.41. The predicted octanol–water partition coefficient (Wildman–Crippen LogP) is 3.34. The maximum Gasteiger partial charge on any atom is 0.396 e. The summed E-state index contributed by atoms with van der Waals surface area (Å²) in [6, 6.07) is 0.149. The largest absolute Gasteiger partial charge is 0.459 e. The third kappa shape index (κ3) is 7.51. The maximum absolute atomic E-state index is 11.7. The van der Waals surface area contributed by atoms with Crippen molar-refractivity contribution in [2.45, 2.75) is 83.6 Å². The summed E-state index contributed by atoms with van der Waals surface area (Å²) < 4.78 is 5.00. The molecule has 1 fully saturated rings. The van der Waals surface area contributed by atoms with Crippen molar-refractivity contribution in [1.82, 2.24) is 5.32 Å². The van der Waals surface area contributed by atoms with Crippen LogP contribution < -0.4 is 5.32 Å². The topological polar surface area (TPSA) is 55.4 Å². The van der Waals surface area contributed by atoms with Gasteiger partial charge in [0.15, 0.2) is 0 Å². The van der Waals surface area contributed by atoms with E-state index in [2.05, 4.69) is 12.2 Å². The van der Waals surface area contributed by atoms with Crippen LogP contribution in [0.25, 0.3) is 0 Å². The minimum atomic E-state index is -0.719. The Labute approximate surface area is 122 Å². The number of hydrogen-bond donors (Lipinski definition) is 1. The number of carbonyl (C=O) groups is 2. The van der Waals surface area contributed by atoms with E-state index in [0.29, 0.717) is 6.61 Å². The van der Waals surface area contributed by atoms with E-state index in [1.165, 1.54) is 19.3 Å². The van der Waals surface area contributed by atoms with Crippen LogP contribution in [0.15, 0.2) is 0 Å². The lowest BCUT2D eigenvalue weighted by Crippen LogP contribution is -2.40. The van der Waals surface area contributed by atoms with Crippen LogP contribution in [0.4, 0.5) is 0 Å². The predicted molar refractivity (Wildman–Crippen MR) is 79.4 cm³/mol. The maximum atomic E-state index is 11.7. The lowest BCUT2D eigenvalue weighted by Gasteiger charge is -2.20. The number of rotatable bonds is 6. The van der Waals surface area contributed by atoms with Crippen LogP contribution in [0.5, 0.6) is 0 Å². The van der Waals surface area contributed by atoms with E-state index in [0.717, 1.165) is 51.4 Å².